The highest BCUT2D eigenvalue weighted by Crippen LogP contribution is 2.51. The minimum absolute atomic E-state index is 0.147. The molecule has 40 heavy (non-hydrogen) atoms. The zero-order chi connectivity index (χ0) is 26.8. The van der Waals surface area contributed by atoms with Crippen molar-refractivity contribution in [2.45, 2.75) is 19.3 Å². The molecule has 190 valence electrons. The SMILES string of the molecule is CC1(C)c2cc(-c3cc(-c4ccccc4)nc(-c4ccccc4)c3)ccc2-c2cc3c(cc21)oc1ccccc13. The lowest BCUT2D eigenvalue weighted by atomic mass is 9.81. The van der Waals surface area contributed by atoms with E-state index in [1.165, 1.54) is 44.2 Å². The van der Waals surface area contributed by atoms with Crippen LogP contribution in [0.5, 0.6) is 0 Å². The summed E-state index contributed by atoms with van der Waals surface area (Å²) in [5, 5.41) is 2.35. The molecule has 7 aromatic rings. The number of aromatic nitrogens is 1. The van der Waals surface area contributed by atoms with E-state index in [4.69, 9.17) is 9.40 Å². The molecule has 5 aromatic carbocycles. The average Bonchev–Trinajstić information content (AvgIpc) is 3.48. The Morgan fingerprint density at radius 3 is 1.80 bits per heavy atom. The molecule has 0 aliphatic heterocycles. The number of pyridine rings is 1. The van der Waals surface area contributed by atoms with Gasteiger partial charge < -0.3 is 4.42 Å². The molecule has 2 nitrogen and oxygen atoms in total. The van der Waals surface area contributed by atoms with Gasteiger partial charge in [0.25, 0.3) is 0 Å². The molecule has 2 aromatic heterocycles. The fraction of sp³-hybridized carbons (Fsp3) is 0.0789. The summed E-state index contributed by atoms with van der Waals surface area (Å²) in [7, 11) is 0. The zero-order valence-electron chi connectivity index (χ0n) is 22.5. The van der Waals surface area contributed by atoms with Gasteiger partial charge in [0.1, 0.15) is 11.2 Å². The molecule has 0 atom stereocenters. The van der Waals surface area contributed by atoms with Crippen LogP contribution in [0.25, 0.3) is 66.7 Å². The Balaban J connectivity index is 1.31. The molecule has 0 saturated heterocycles. The van der Waals surface area contributed by atoms with Gasteiger partial charge in [-0.3, -0.25) is 0 Å². The Morgan fingerprint density at radius 2 is 1.10 bits per heavy atom. The Labute approximate surface area is 233 Å². The van der Waals surface area contributed by atoms with Crippen LogP contribution in [-0.2, 0) is 5.41 Å². The number of benzene rings is 5. The first-order chi connectivity index (χ1) is 19.6. The zero-order valence-corrected chi connectivity index (χ0v) is 22.5. The average molecular weight is 514 g/mol. The van der Waals surface area contributed by atoms with Crippen LogP contribution in [0.4, 0.5) is 0 Å². The molecule has 8 rings (SSSR count). The van der Waals surface area contributed by atoms with Crippen LogP contribution in [-0.4, -0.2) is 4.98 Å². The molecular formula is C38H27NO. The van der Waals surface area contributed by atoms with Gasteiger partial charge >= 0.3 is 0 Å². The van der Waals surface area contributed by atoms with Gasteiger partial charge in [0.15, 0.2) is 0 Å². The lowest BCUT2D eigenvalue weighted by Gasteiger charge is -2.22. The molecule has 0 unspecified atom stereocenters. The minimum atomic E-state index is -0.147. The standard InChI is InChI=1S/C38H27NO/c1-38(2)32-19-26(17-18-28(32)30-22-31-29-15-9-10-16-36(29)40-37(31)23-33(30)38)27-20-34(24-11-5-3-6-12-24)39-35(21-27)25-13-7-4-8-14-25/h3-23H,1-2H3. The van der Waals surface area contributed by atoms with E-state index in [1.54, 1.807) is 0 Å². The van der Waals surface area contributed by atoms with Crippen molar-refractivity contribution in [3.8, 4) is 44.8 Å². The number of furan rings is 1. The number of fused-ring (bicyclic) bond motifs is 6. The molecule has 0 spiro atoms. The second-order valence-corrected chi connectivity index (χ2v) is 11.2. The van der Waals surface area contributed by atoms with Crippen LogP contribution in [0.3, 0.4) is 0 Å². The van der Waals surface area contributed by atoms with Gasteiger partial charge in [-0.25, -0.2) is 4.98 Å². The Kier molecular flexibility index (Phi) is 4.90. The summed E-state index contributed by atoms with van der Waals surface area (Å²) in [6.45, 7) is 4.65. The topological polar surface area (TPSA) is 26.0 Å². The van der Waals surface area contributed by atoms with Gasteiger partial charge in [-0.15, -0.1) is 0 Å². The van der Waals surface area contributed by atoms with E-state index in [1.807, 2.05) is 24.3 Å². The van der Waals surface area contributed by atoms with Crippen LogP contribution in [0.2, 0.25) is 0 Å². The number of rotatable bonds is 3. The summed E-state index contributed by atoms with van der Waals surface area (Å²) < 4.78 is 6.27. The summed E-state index contributed by atoms with van der Waals surface area (Å²) in [6.07, 6.45) is 0. The molecule has 0 fully saturated rings. The third kappa shape index (κ3) is 3.46. The predicted octanol–water partition coefficient (Wildman–Crippen LogP) is 10.3. The van der Waals surface area contributed by atoms with Crippen LogP contribution < -0.4 is 0 Å². The maximum absolute atomic E-state index is 6.27. The molecule has 2 heteroatoms. The van der Waals surface area contributed by atoms with Crippen molar-refractivity contribution < 1.29 is 4.42 Å². The number of nitrogens with zero attached hydrogens (tertiary/aromatic N) is 1. The highest BCUT2D eigenvalue weighted by atomic mass is 16.3. The predicted molar refractivity (Wildman–Crippen MR) is 165 cm³/mol. The molecular weight excluding hydrogens is 486 g/mol. The monoisotopic (exact) mass is 513 g/mol. The number of hydrogen-bond acceptors (Lipinski definition) is 2. The summed E-state index contributed by atoms with van der Waals surface area (Å²) in [5.74, 6) is 0. The van der Waals surface area contributed by atoms with Gasteiger partial charge in [-0.05, 0) is 69.8 Å². The molecule has 0 N–H and O–H groups in total. The molecule has 2 heterocycles. The summed E-state index contributed by atoms with van der Waals surface area (Å²) in [4.78, 5) is 5.07. The number of hydrogen-bond donors (Lipinski definition) is 0. The third-order valence-corrected chi connectivity index (χ3v) is 8.47. The maximum Gasteiger partial charge on any atom is 0.135 e. The molecule has 0 bridgehead atoms. The van der Waals surface area contributed by atoms with Crippen LogP contribution in [0.1, 0.15) is 25.0 Å². The quantitative estimate of drug-likeness (QED) is 0.235. The lowest BCUT2D eigenvalue weighted by Crippen LogP contribution is -2.15. The first-order valence-electron chi connectivity index (χ1n) is 13.8. The van der Waals surface area contributed by atoms with Gasteiger partial charge in [0.05, 0.1) is 11.4 Å². The van der Waals surface area contributed by atoms with Gasteiger partial charge in [-0.2, -0.15) is 0 Å². The van der Waals surface area contributed by atoms with Crippen molar-refractivity contribution in [3.05, 3.63) is 139 Å². The van der Waals surface area contributed by atoms with Crippen LogP contribution in [0.15, 0.2) is 132 Å². The Morgan fingerprint density at radius 1 is 0.475 bits per heavy atom. The molecule has 0 amide bonds. The van der Waals surface area contributed by atoms with Crippen LogP contribution >= 0.6 is 0 Å². The normalized spacial score (nSPS) is 13.4. The van der Waals surface area contributed by atoms with Crippen molar-refractivity contribution in [1.29, 1.82) is 0 Å². The first kappa shape index (κ1) is 23.0. The van der Waals surface area contributed by atoms with Crippen LogP contribution in [0, 0.1) is 0 Å². The number of para-hydroxylation sites is 1. The Bertz CT molecular complexity index is 2010. The Hall–Kier alpha value is -4.95. The van der Waals surface area contributed by atoms with Crippen molar-refractivity contribution in [2.75, 3.05) is 0 Å². The van der Waals surface area contributed by atoms with Crippen molar-refractivity contribution >= 4 is 21.9 Å². The highest BCUT2D eigenvalue weighted by molar-refractivity contribution is 6.07. The van der Waals surface area contributed by atoms with Gasteiger partial charge in [0.2, 0.25) is 0 Å². The first-order valence-corrected chi connectivity index (χ1v) is 13.8. The summed E-state index contributed by atoms with van der Waals surface area (Å²) in [5.41, 5.74) is 13.6. The molecule has 1 aliphatic rings. The van der Waals surface area contributed by atoms with E-state index in [-0.39, 0.29) is 5.41 Å². The second-order valence-electron chi connectivity index (χ2n) is 11.2. The van der Waals surface area contributed by atoms with Gasteiger partial charge in [0, 0.05) is 27.3 Å². The minimum Gasteiger partial charge on any atom is -0.456 e. The lowest BCUT2D eigenvalue weighted by molar-refractivity contribution is 0.647. The third-order valence-electron chi connectivity index (χ3n) is 8.47. The molecule has 0 saturated carbocycles. The van der Waals surface area contributed by atoms with Crippen molar-refractivity contribution in [1.82, 2.24) is 4.98 Å². The van der Waals surface area contributed by atoms with E-state index in [0.717, 1.165) is 33.7 Å². The fourth-order valence-corrected chi connectivity index (χ4v) is 6.34. The van der Waals surface area contributed by atoms with E-state index >= 15 is 0 Å². The second kappa shape index (κ2) is 8.53. The van der Waals surface area contributed by atoms with Crippen molar-refractivity contribution in [3.63, 3.8) is 0 Å². The van der Waals surface area contributed by atoms with E-state index in [2.05, 4.69) is 117 Å². The van der Waals surface area contributed by atoms with E-state index in [9.17, 15) is 0 Å². The van der Waals surface area contributed by atoms with E-state index in [0.29, 0.717) is 0 Å². The summed E-state index contributed by atoms with van der Waals surface area (Å²) in [6, 6.07) is 45.2. The van der Waals surface area contributed by atoms with E-state index < -0.39 is 0 Å². The smallest absolute Gasteiger partial charge is 0.135 e. The largest absolute Gasteiger partial charge is 0.456 e. The molecule has 0 radical (unpaired) electrons. The van der Waals surface area contributed by atoms with Gasteiger partial charge in [-0.1, -0.05) is 105 Å². The fourth-order valence-electron chi connectivity index (χ4n) is 6.34. The molecule has 1 aliphatic carbocycles. The summed E-state index contributed by atoms with van der Waals surface area (Å²) >= 11 is 0. The maximum atomic E-state index is 6.27. The highest BCUT2D eigenvalue weighted by Gasteiger charge is 2.36. The van der Waals surface area contributed by atoms with Crippen molar-refractivity contribution in [2.24, 2.45) is 0 Å².